The van der Waals surface area contributed by atoms with Gasteiger partial charge in [-0.05, 0) is 30.2 Å². The van der Waals surface area contributed by atoms with Crippen molar-refractivity contribution < 1.29 is 14.3 Å². The van der Waals surface area contributed by atoms with Gasteiger partial charge in [-0.3, -0.25) is 4.79 Å². The van der Waals surface area contributed by atoms with Crippen LogP contribution in [0.1, 0.15) is 17.0 Å². The predicted octanol–water partition coefficient (Wildman–Crippen LogP) is 4.65. The van der Waals surface area contributed by atoms with E-state index in [9.17, 15) is 14.3 Å². The summed E-state index contributed by atoms with van der Waals surface area (Å²) in [6.45, 7) is 0. The van der Waals surface area contributed by atoms with Crippen molar-refractivity contribution in [2.75, 3.05) is 0 Å². The molecular weight excluding hydrogens is 347 g/mol. The van der Waals surface area contributed by atoms with E-state index in [4.69, 9.17) is 11.6 Å². The summed E-state index contributed by atoms with van der Waals surface area (Å²) in [4.78, 5) is 11.5. The summed E-state index contributed by atoms with van der Waals surface area (Å²) < 4.78 is 14.5. The Kier molecular flexibility index (Phi) is 4.78. The van der Waals surface area contributed by atoms with Crippen LogP contribution in [0.5, 0.6) is 0 Å². The van der Waals surface area contributed by atoms with E-state index in [1.807, 2.05) is 0 Å². The lowest BCUT2D eigenvalue weighted by molar-refractivity contribution is -0.138. The van der Waals surface area contributed by atoms with Crippen LogP contribution in [-0.4, -0.2) is 11.1 Å². The highest BCUT2D eigenvalue weighted by Gasteiger charge is 2.24. The average Bonchev–Trinajstić information content (AvgIpc) is 2.39. The summed E-state index contributed by atoms with van der Waals surface area (Å²) in [6.07, 6.45) is 0.00343. The molecule has 0 amide bonds. The summed E-state index contributed by atoms with van der Waals surface area (Å²) in [5.41, 5.74) is 0.816. The third-order valence-electron chi connectivity index (χ3n) is 3.05. The second-order valence-electron chi connectivity index (χ2n) is 4.32. The van der Waals surface area contributed by atoms with Crippen LogP contribution in [-0.2, 0) is 11.2 Å². The molecule has 20 heavy (non-hydrogen) atoms. The highest BCUT2D eigenvalue weighted by molar-refractivity contribution is 9.10. The van der Waals surface area contributed by atoms with Crippen LogP contribution < -0.4 is 0 Å². The maximum atomic E-state index is 13.8. The molecule has 0 bridgehead atoms. The Morgan fingerprint density at radius 3 is 2.55 bits per heavy atom. The van der Waals surface area contributed by atoms with Crippen molar-refractivity contribution in [3.63, 3.8) is 0 Å². The van der Waals surface area contributed by atoms with Gasteiger partial charge in [0.05, 0.1) is 5.92 Å². The van der Waals surface area contributed by atoms with Crippen molar-refractivity contribution in [1.29, 1.82) is 0 Å². The molecule has 0 saturated carbocycles. The monoisotopic (exact) mass is 356 g/mol. The molecule has 2 aromatic rings. The molecule has 2 aromatic carbocycles. The zero-order valence-electron chi connectivity index (χ0n) is 10.3. The summed E-state index contributed by atoms with van der Waals surface area (Å²) in [5.74, 6) is -2.37. The number of carboxylic acids is 1. The maximum absolute atomic E-state index is 13.8. The Balaban J connectivity index is 2.42. The minimum absolute atomic E-state index is 0.00343. The summed E-state index contributed by atoms with van der Waals surface area (Å²) in [5, 5.41) is 9.65. The standard InChI is InChI=1S/C15H11BrClFO2/c16-12-5-2-1-4-9(12)10(15(19)20)8-11-13(17)6-3-7-14(11)18/h1-7,10H,8H2,(H,19,20). The van der Waals surface area contributed by atoms with Gasteiger partial charge >= 0.3 is 5.97 Å². The minimum atomic E-state index is -1.02. The van der Waals surface area contributed by atoms with Gasteiger partial charge in [-0.2, -0.15) is 0 Å². The van der Waals surface area contributed by atoms with Crippen LogP contribution in [0.15, 0.2) is 46.9 Å². The van der Waals surface area contributed by atoms with Crippen LogP contribution in [0.25, 0.3) is 0 Å². The van der Waals surface area contributed by atoms with Crippen LogP contribution in [0, 0.1) is 5.82 Å². The quantitative estimate of drug-likeness (QED) is 0.864. The SMILES string of the molecule is O=C(O)C(Cc1c(F)cccc1Cl)c1ccccc1Br. The minimum Gasteiger partial charge on any atom is -0.481 e. The first-order valence-corrected chi connectivity index (χ1v) is 7.08. The van der Waals surface area contributed by atoms with Crippen molar-refractivity contribution in [3.8, 4) is 0 Å². The zero-order chi connectivity index (χ0) is 14.7. The van der Waals surface area contributed by atoms with Gasteiger partial charge in [0.25, 0.3) is 0 Å². The molecule has 1 atom stereocenters. The third-order valence-corrected chi connectivity index (χ3v) is 4.12. The molecule has 0 aliphatic carbocycles. The van der Waals surface area contributed by atoms with E-state index >= 15 is 0 Å². The van der Waals surface area contributed by atoms with Crippen LogP contribution in [0.4, 0.5) is 4.39 Å². The van der Waals surface area contributed by atoms with Crippen LogP contribution in [0.3, 0.4) is 0 Å². The van der Waals surface area contributed by atoms with Gasteiger partial charge in [0.15, 0.2) is 0 Å². The van der Waals surface area contributed by atoms with E-state index in [0.29, 0.717) is 10.0 Å². The lowest BCUT2D eigenvalue weighted by Gasteiger charge is -2.15. The third kappa shape index (κ3) is 3.19. The van der Waals surface area contributed by atoms with E-state index in [2.05, 4.69) is 15.9 Å². The first-order valence-electron chi connectivity index (χ1n) is 5.91. The molecule has 0 aliphatic rings. The number of hydrogen-bond acceptors (Lipinski definition) is 1. The van der Waals surface area contributed by atoms with Gasteiger partial charge < -0.3 is 5.11 Å². The number of carbonyl (C=O) groups is 1. The largest absolute Gasteiger partial charge is 0.481 e. The normalized spacial score (nSPS) is 12.2. The summed E-state index contributed by atoms with van der Waals surface area (Å²) in [6, 6.07) is 11.3. The molecule has 0 aromatic heterocycles. The molecule has 104 valence electrons. The number of halogens is 3. The van der Waals surface area contributed by atoms with Gasteiger partial charge in [0, 0.05) is 15.1 Å². The number of benzene rings is 2. The molecule has 1 unspecified atom stereocenters. The van der Waals surface area contributed by atoms with E-state index in [0.717, 1.165) is 0 Å². The topological polar surface area (TPSA) is 37.3 Å². The van der Waals surface area contributed by atoms with Gasteiger partial charge in [0.1, 0.15) is 5.82 Å². The molecule has 2 nitrogen and oxygen atoms in total. The first kappa shape index (κ1) is 15.0. The summed E-state index contributed by atoms with van der Waals surface area (Å²) in [7, 11) is 0. The predicted molar refractivity (Wildman–Crippen MR) is 79.6 cm³/mol. The molecule has 0 aliphatic heterocycles. The van der Waals surface area contributed by atoms with Crippen molar-refractivity contribution in [3.05, 3.63) is 68.9 Å². The van der Waals surface area contributed by atoms with Crippen LogP contribution >= 0.6 is 27.5 Å². The molecule has 0 saturated heterocycles. The van der Waals surface area contributed by atoms with Gasteiger partial charge in [-0.15, -0.1) is 0 Å². The van der Waals surface area contributed by atoms with Crippen molar-refractivity contribution in [1.82, 2.24) is 0 Å². The lowest BCUT2D eigenvalue weighted by atomic mass is 9.92. The Bertz CT molecular complexity index is 625. The molecule has 0 fully saturated rings. The van der Waals surface area contributed by atoms with E-state index in [1.54, 1.807) is 30.3 Å². The van der Waals surface area contributed by atoms with E-state index in [1.165, 1.54) is 12.1 Å². The van der Waals surface area contributed by atoms with E-state index < -0.39 is 17.7 Å². The fourth-order valence-corrected chi connectivity index (χ4v) is 2.82. The Morgan fingerprint density at radius 1 is 1.25 bits per heavy atom. The fraction of sp³-hybridized carbons (Fsp3) is 0.133. The van der Waals surface area contributed by atoms with Gasteiger partial charge in [-0.1, -0.05) is 51.8 Å². The molecular formula is C15H11BrClFO2. The Labute approximate surface area is 129 Å². The zero-order valence-corrected chi connectivity index (χ0v) is 12.7. The average molecular weight is 358 g/mol. The molecule has 0 heterocycles. The molecule has 5 heteroatoms. The molecule has 0 radical (unpaired) electrons. The Morgan fingerprint density at radius 2 is 1.95 bits per heavy atom. The maximum Gasteiger partial charge on any atom is 0.311 e. The fourth-order valence-electron chi connectivity index (χ4n) is 2.02. The van der Waals surface area contributed by atoms with Crippen molar-refractivity contribution >= 4 is 33.5 Å². The molecule has 2 rings (SSSR count). The number of carboxylic acid groups (broad SMARTS) is 1. The van der Waals surface area contributed by atoms with Crippen molar-refractivity contribution in [2.24, 2.45) is 0 Å². The molecule has 0 spiro atoms. The summed E-state index contributed by atoms with van der Waals surface area (Å²) >= 11 is 9.29. The number of aliphatic carboxylic acids is 1. The molecule has 1 N–H and O–H groups in total. The highest BCUT2D eigenvalue weighted by Crippen LogP contribution is 2.31. The number of rotatable bonds is 4. The highest BCUT2D eigenvalue weighted by atomic mass is 79.9. The smallest absolute Gasteiger partial charge is 0.311 e. The van der Waals surface area contributed by atoms with Gasteiger partial charge in [-0.25, -0.2) is 4.39 Å². The second-order valence-corrected chi connectivity index (χ2v) is 5.58. The second kappa shape index (κ2) is 6.37. The van der Waals surface area contributed by atoms with E-state index in [-0.39, 0.29) is 17.0 Å². The van der Waals surface area contributed by atoms with Gasteiger partial charge in [0.2, 0.25) is 0 Å². The van der Waals surface area contributed by atoms with Crippen LogP contribution in [0.2, 0.25) is 5.02 Å². The lowest BCUT2D eigenvalue weighted by Crippen LogP contribution is -2.16. The van der Waals surface area contributed by atoms with Crippen molar-refractivity contribution in [2.45, 2.75) is 12.3 Å². The first-order chi connectivity index (χ1) is 9.50. The Hall–Kier alpha value is -1.39. The number of hydrogen-bond donors (Lipinski definition) is 1.